The molecular formula is C18H27N3O2. The number of hydrogen-bond acceptors (Lipinski definition) is 3. The van der Waals surface area contributed by atoms with Gasteiger partial charge in [0.2, 0.25) is 11.8 Å². The first kappa shape index (κ1) is 17.5. The molecule has 0 aromatic heterocycles. The summed E-state index contributed by atoms with van der Waals surface area (Å²) in [6, 6.07) is 10.1. The summed E-state index contributed by atoms with van der Waals surface area (Å²) in [6.07, 6.45) is 0. The maximum Gasteiger partial charge on any atom is 0.237 e. The van der Waals surface area contributed by atoms with Crippen LogP contribution >= 0.6 is 0 Å². The number of rotatable bonds is 6. The molecule has 23 heavy (non-hydrogen) atoms. The van der Waals surface area contributed by atoms with Crippen molar-refractivity contribution in [3.05, 3.63) is 35.9 Å². The molecule has 1 aromatic carbocycles. The summed E-state index contributed by atoms with van der Waals surface area (Å²) in [5, 5.41) is 0. The number of primary amides is 1. The molecule has 1 aromatic rings. The van der Waals surface area contributed by atoms with Crippen molar-refractivity contribution in [3.8, 4) is 0 Å². The average molecular weight is 317 g/mol. The van der Waals surface area contributed by atoms with E-state index >= 15 is 0 Å². The maximum absolute atomic E-state index is 12.7. The van der Waals surface area contributed by atoms with E-state index in [4.69, 9.17) is 5.73 Å². The molecule has 0 aliphatic carbocycles. The van der Waals surface area contributed by atoms with E-state index in [1.54, 1.807) is 0 Å². The lowest BCUT2D eigenvalue weighted by Gasteiger charge is -2.29. The number of benzene rings is 1. The maximum atomic E-state index is 12.7. The number of amides is 2. The second kappa shape index (κ2) is 7.59. The summed E-state index contributed by atoms with van der Waals surface area (Å²) in [4.78, 5) is 28.1. The van der Waals surface area contributed by atoms with Crippen LogP contribution in [0.15, 0.2) is 30.3 Å². The van der Waals surface area contributed by atoms with E-state index in [0.717, 1.165) is 12.1 Å². The first-order valence-corrected chi connectivity index (χ1v) is 8.23. The van der Waals surface area contributed by atoms with Gasteiger partial charge in [-0.15, -0.1) is 0 Å². The Morgan fingerprint density at radius 1 is 1.26 bits per heavy atom. The predicted molar refractivity (Wildman–Crippen MR) is 90.4 cm³/mol. The fourth-order valence-electron chi connectivity index (χ4n) is 3.19. The average Bonchev–Trinajstić information content (AvgIpc) is 2.86. The zero-order valence-electron chi connectivity index (χ0n) is 14.2. The van der Waals surface area contributed by atoms with Gasteiger partial charge in [0.05, 0.1) is 12.5 Å². The summed E-state index contributed by atoms with van der Waals surface area (Å²) < 4.78 is 0. The summed E-state index contributed by atoms with van der Waals surface area (Å²) in [5.41, 5.74) is 6.55. The lowest BCUT2D eigenvalue weighted by atomic mass is 9.98. The van der Waals surface area contributed by atoms with Crippen LogP contribution in [-0.4, -0.2) is 47.3 Å². The molecule has 2 N–H and O–H groups in total. The van der Waals surface area contributed by atoms with E-state index in [9.17, 15) is 9.59 Å². The Morgan fingerprint density at radius 2 is 1.91 bits per heavy atom. The van der Waals surface area contributed by atoms with Crippen LogP contribution in [0.5, 0.6) is 0 Å². The number of nitrogens with zero attached hydrogens (tertiary/aromatic N) is 2. The molecule has 0 spiro atoms. The van der Waals surface area contributed by atoms with Gasteiger partial charge in [-0.25, -0.2) is 0 Å². The molecule has 0 radical (unpaired) electrons. The lowest BCUT2D eigenvalue weighted by Crippen LogP contribution is -2.43. The molecule has 5 nitrogen and oxygen atoms in total. The third kappa shape index (κ3) is 4.55. The number of likely N-dealkylation sites (tertiary alicyclic amines) is 1. The highest BCUT2D eigenvalue weighted by atomic mass is 16.2. The van der Waals surface area contributed by atoms with Crippen LogP contribution in [0, 0.1) is 11.8 Å². The first-order chi connectivity index (χ1) is 10.9. The molecule has 2 amide bonds. The Labute approximate surface area is 138 Å². The molecule has 1 saturated heterocycles. The summed E-state index contributed by atoms with van der Waals surface area (Å²) >= 11 is 0. The second-order valence-corrected chi connectivity index (χ2v) is 6.78. The van der Waals surface area contributed by atoms with Crippen molar-refractivity contribution in [2.75, 3.05) is 19.6 Å². The van der Waals surface area contributed by atoms with E-state index in [2.05, 4.69) is 0 Å². The summed E-state index contributed by atoms with van der Waals surface area (Å²) in [6.45, 7) is 8.36. The first-order valence-electron chi connectivity index (χ1n) is 8.23. The lowest BCUT2D eigenvalue weighted by molar-refractivity contribution is -0.134. The van der Waals surface area contributed by atoms with Crippen molar-refractivity contribution in [2.24, 2.45) is 17.6 Å². The van der Waals surface area contributed by atoms with Crippen molar-refractivity contribution in [3.63, 3.8) is 0 Å². The fraction of sp³-hybridized carbons (Fsp3) is 0.556. The Morgan fingerprint density at radius 3 is 2.43 bits per heavy atom. The molecular weight excluding hydrogens is 290 g/mol. The van der Waals surface area contributed by atoms with Crippen molar-refractivity contribution in [1.29, 1.82) is 0 Å². The van der Waals surface area contributed by atoms with Crippen LogP contribution in [-0.2, 0) is 16.1 Å². The van der Waals surface area contributed by atoms with Crippen molar-refractivity contribution in [2.45, 2.75) is 33.4 Å². The van der Waals surface area contributed by atoms with Gasteiger partial charge in [-0.2, -0.15) is 0 Å². The van der Waals surface area contributed by atoms with Gasteiger partial charge in [0, 0.05) is 25.7 Å². The van der Waals surface area contributed by atoms with Gasteiger partial charge >= 0.3 is 0 Å². The van der Waals surface area contributed by atoms with E-state index < -0.39 is 0 Å². The summed E-state index contributed by atoms with van der Waals surface area (Å²) in [5.74, 6) is -0.107. The Kier molecular flexibility index (Phi) is 5.77. The zero-order valence-corrected chi connectivity index (χ0v) is 14.2. The van der Waals surface area contributed by atoms with Gasteiger partial charge in [0.1, 0.15) is 0 Å². The van der Waals surface area contributed by atoms with Crippen LogP contribution < -0.4 is 5.73 Å². The van der Waals surface area contributed by atoms with Crippen LogP contribution in [0.3, 0.4) is 0 Å². The van der Waals surface area contributed by atoms with E-state index in [1.807, 2.05) is 60.9 Å². The Bertz CT molecular complexity index is 544. The Balaban J connectivity index is 1.98. The molecule has 5 heteroatoms. The molecule has 2 rings (SSSR count). The summed E-state index contributed by atoms with van der Waals surface area (Å²) in [7, 11) is 0. The molecule has 0 unspecified atom stereocenters. The van der Waals surface area contributed by atoms with Crippen LogP contribution in [0.1, 0.15) is 26.3 Å². The van der Waals surface area contributed by atoms with Crippen LogP contribution in [0.2, 0.25) is 0 Å². The van der Waals surface area contributed by atoms with Gasteiger partial charge in [-0.1, -0.05) is 37.3 Å². The Hall–Kier alpha value is -1.88. The molecule has 126 valence electrons. The number of hydrogen-bond donors (Lipinski definition) is 1. The molecule has 1 fully saturated rings. The monoisotopic (exact) mass is 317 g/mol. The van der Waals surface area contributed by atoms with Gasteiger partial charge in [-0.3, -0.25) is 14.5 Å². The quantitative estimate of drug-likeness (QED) is 0.864. The third-order valence-corrected chi connectivity index (χ3v) is 4.55. The highest BCUT2D eigenvalue weighted by molar-refractivity contribution is 5.80. The highest BCUT2D eigenvalue weighted by Gasteiger charge is 2.34. The number of carbonyl (C=O) groups excluding carboxylic acids is 2. The van der Waals surface area contributed by atoms with Crippen molar-refractivity contribution >= 4 is 11.8 Å². The molecule has 2 atom stereocenters. The predicted octanol–water partition coefficient (Wildman–Crippen LogP) is 1.48. The molecule has 1 aliphatic rings. The van der Waals surface area contributed by atoms with Crippen LogP contribution in [0.25, 0.3) is 0 Å². The standard InChI is InChI=1S/C18H27N3O2/c1-13(2)21(10-15-7-5-4-6-8-15)17(22)12-20-9-14(3)16(11-20)18(19)23/h4-8,13-14,16H,9-12H2,1-3H3,(H2,19,23)/t14-,16-/m1/s1. The van der Waals surface area contributed by atoms with E-state index in [1.165, 1.54) is 0 Å². The minimum absolute atomic E-state index is 0.0983. The number of carbonyl (C=O) groups is 2. The van der Waals surface area contributed by atoms with E-state index in [-0.39, 0.29) is 29.7 Å². The van der Waals surface area contributed by atoms with Gasteiger partial charge < -0.3 is 10.6 Å². The number of nitrogens with two attached hydrogens (primary N) is 1. The topological polar surface area (TPSA) is 66.6 Å². The molecule has 0 bridgehead atoms. The normalized spacial score (nSPS) is 21.6. The van der Waals surface area contributed by atoms with Crippen molar-refractivity contribution in [1.82, 2.24) is 9.80 Å². The van der Waals surface area contributed by atoms with Crippen LogP contribution in [0.4, 0.5) is 0 Å². The minimum atomic E-state index is -0.266. The largest absolute Gasteiger partial charge is 0.369 e. The SMILES string of the molecule is CC(C)N(Cc1ccccc1)C(=O)CN1C[C@@H](C)[C@H](C(N)=O)C1. The molecule has 0 saturated carbocycles. The fourth-order valence-corrected chi connectivity index (χ4v) is 3.19. The van der Waals surface area contributed by atoms with Gasteiger partial charge in [0.25, 0.3) is 0 Å². The highest BCUT2D eigenvalue weighted by Crippen LogP contribution is 2.22. The van der Waals surface area contributed by atoms with Crippen molar-refractivity contribution < 1.29 is 9.59 Å². The van der Waals surface area contributed by atoms with Gasteiger partial charge in [-0.05, 0) is 25.3 Å². The smallest absolute Gasteiger partial charge is 0.237 e. The third-order valence-electron chi connectivity index (χ3n) is 4.55. The minimum Gasteiger partial charge on any atom is -0.369 e. The second-order valence-electron chi connectivity index (χ2n) is 6.78. The van der Waals surface area contributed by atoms with Gasteiger partial charge in [0.15, 0.2) is 0 Å². The van der Waals surface area contributed by atoms with E-state index in [0.29, 0.717) is 19.6 Å². The zero-order chi connectivity index (χ0) is 17.0. The molecule has 1 heterocycles. The molecule has 1 aliphatic heterocycles.